The minimum absolute atomic E-state index is 0.0479. The third-order valence-corrected chi connectivity index (χ3v) is 4.89. The van der Waals surface area contributed by atoms with Gasteiger partial charge in [0, 0.05) is 45.2 Å². The molecule has 0 bridgehead atoms. The molecule has 1 unspecified atom stereocenters. The maximum Gasteiger partial charge on any atom is 0.236 e. The van der Waals surface area contributed by atoms with E-state index in [0.29, 0.717) is 39.3 Å². The minimum atomic E-state index is -0.0479. The lowest BCUT2D eigenvalue weighted by Crippen LogP contribution is -2.52. The first-order valence-electron chi connectivity index (χ1n) is 8.92. The lowest BCUT2D eigenvalue weighted by molar-refractivity contribution is -0.135. The van der Waals surface area contributed by atoms with Gasteiger partial charge >= 0.3 is 0 Å². The number of carbonyl (C=O) groups is 2. The van der Waals surface area contributed by atoms with Gasteiger partial charge in [-0.2, -0.15) is 0 Å². The Kier molecular flexibility index (Phi) is 6.82. The van der Waals surface area contributed by atoms with Gasteiger partial charge < -0.3 is 14.5 Å². The Labute approximate surface area is 150 Å². The third-order valence-electron chi connectivity index (χ3n) is 4.89. The summed E-state index contributed by atoms with van der Waals surface area (Å²) in [6, 6.07) is 7.79. The van der Waals surface area contributed by atoms with E-state index in [-0.39, 0.29) is 17.9 Å². The summed E-state index contributed by atoms with van der Waals surface area (Å²) >= 11 is 0. The van der Waals surface area contributed by atoms with Crippen molar-refractivity contribution in [2.45, 2.75) is 26.8 Å². The smallest absolute Gasteiger partial charge is 0.236 e. The van der Waals surface area contributed by atoms with Gasteiger partial charge in [0.2, 0.25) is 11.8 Å². The monoisotopic (exact) mass is 347 g/mol. The van der Waals surface area contributed by atoms with Crippen LogP contribution in [0, 0.1) is 0 Å². The first-order valence-corrected chi connectivity index (χ1v) is 8.92. The normalized spacial score (nSPS) is 18.1. The van der Waals surface area contributed by atoms with Crippen LogP contribution < -0.4 is 4.74 Å². The predicted molar refractivity (Wildman–Crippen MR) is 97.5 cm³/mol. The largest absolute Gasteiger partial charge is 0.496 e. The van der Waals surface area contributed by atoms with Crippen molar-refractivity contribution in [1.82, 2.24) is 14.7 Å². The topological polar surface area (TPSA) is 53.1 Å². The Morgan fingerprint density at radius 3 is 2.48 bits per heavy atom. The molecular formula is C19H29N3O3. The highest BCUT2D eigenvalue weighted by Crippen LogP contribution is 2.32. The molecule has 0 aromatic heterocycles. The van der Waals surface area contributed by atoms with Crippen molar-refractivity contribution in [3.63, 3.8) is 0 Å². The van der Waals surface area contributed by atoms with Crippen LogP contribution in [-0.2, 0) is 9.59 Å². The molecule has 1 saturated heterocycles. The molecule has 6 nitrogen and oxygen atoms in total. The number of likely N-dealkylation sites (N-methyl/N-ethyl adjacent to an activating group) is 1. The fraction of sp³-hybridized carbons (Fsp3) is 0.579. The summed E-state index contributed by atoms with van der Waals surface area (Å²) in [4.78, 5) is 30.3. The van der Waals surface area contributed by atoms with E-state index in [1.165, 1.54) is 0 Å². The zero-order valence-electron chi connectivity index (χ0n) is 15.7. The number of hydrogen-bond donors (Lipinski definition) is 0. The van der Waals surface area contributed by atoms with Crippen LogP contribution in [0.3, 0.4) is 0 Å². The molecule has 1 atom stereocenters. The molecule has 25 heavy (non-hydrogen) atoms. The van der Waals surface area contributed by atoms with Crippen molar-refractivity contribution in [2.24, 2.45) is 0 Å². The maximum absolute atomic E-state index is 12.6. The number of benzene rings is 1. The fourth-order valence-electron chi connectivity index (χ4n) is 3.38. The van der Waals surface area contributed by atoms with Gasteiger partial charge in [0.15, 0.2) is 0 Å². The van der Waals surface area contributed by atoms with Crippen molar-refractivity contribution >= 4 is 11.8 Å². The van der Waals surface area contributed by atoms with Crippen molar-refractivity contribution in [2.75, 3.05) is 46.4 Å². The SMILES string of the molecule is CCN(CC)C(=O)CN1CCN(C(C)=O)CC1c1ccccc1OC. The van der Waals surface area contributed by atoms with E-state index < -0.39 is 0 Å². The van der Waals surface area contributed by atoms with Crippen LogP contribution in [0.1, 0.15) is 32.4 Å². The number of rotatable bonds is 6. The van der Waals surface area contributed by atoms with Gasteiger partial charge in [0.05, 0.1) is 19.7 Å². The average Bonchev–Trinajstić information content (AvgIpc) is 2.62. The van der Waals surface area contributed by atoms with Crippen molar-refractivity contribution in [3.05, 3.63) is 29.8 Å². The molecule has 0 spiro atoms. The average molecular weight is 347 g/mol. The number of carbonyl (C=O) groups excluding carboxylic acids is 2. The van der Waals surface area contributed by atoms with Crippen LogP contribution in [0.5, 0.6) is 5.75 Å². The van der Waals surface area contributed by atoms with E-state index in [9.17, 15) is 9.59 Å². The Hall–Kier alpha value is -2.08. The molecular weight excluding hydrogens is 318 g/mol. The van der Waals surface area contributed by atoms with Gasteiger partial charge in [-0.1, -0.05) is 18.2 Å². The molecule has 1 heterocycles. The highest BCUT2D eigenvalue weighted by molar-refractivity contribution is 5.78. The number of para-hydroxylation sites is 1. The summed E-state index contributed by atoms with van der Waals surface area (Å²) in [7, 11) is 1.65. The molecule has 0 N–H and O–H groups in total. The Bertz CT molecular complexity index is 601. The molecule has 1 fully saturated rings. The van der Waals surface area contributed by atoms with Crippen LogP contribution in [-0.4, -0.2) is 72.9 Å². The molecule has 0 saturated carbocycles. The van der Waals surface area contributed by atoms with Gasteiger partial charge in [-0.25, -0.2) is 0 Å². The molecule has 1 aliphatic heterocycles. The summed E-state index contributed by atoms with van der Waals surface area (Å²) in [6.45, 7) is 9.25. The highest BCUT2D eigenvalue weighted by Gasteiger charge is 2.32. The van der Waals surface area contributed by atoms with E-state index >= 15 is 0 Å². The maximum atomic E-state index is 12.6. The summed E-state index contributed by atoms with van der Waals surface area (Å²) < 4.78 is 5.51. The second kappa shape index (κ2) is 8.85. The number of amides is 2. The van der Waals surface area contributed by atoms with E-state index in [0.717, 1.165) is 11.3 Å². The molecule has 2 rings (SSSR count). The lowest BCUT2D eigenvalue weighted by Gasteiger charge is -2.42. The molecule has 138 valence electrons. The highest BCUT2D eigenvalue weighted by atomic mass is 16.5. The molecule has 2 amide bonds. The number of methoxy groups -OCH3 is 1. The van der Waals surface area contributed by atoms with Gasteiger partial charge in [-0.05, 0) is 19.9 Å². The van der Waals surface area contributed by atoms with Crippen molar-refractivity contribution in [3.8, 4) is 5.75 Å². The van der Waals surface area contributed by atoms with Crippen LogP contribution >= 0.6 is 0 Å². The third kappa shape index (κ3) is 4.51. The molecule has 1 aliphatic rings. The van der Waals surface area contributed by atoms with Crippen molar-refractivity contribution < 1.29 is 14.3 Å². The van der Waals surface area contributed by atoms with Gasteiger partial charge in [0.1, 0.15) is 5.75 Å². The number of piperazine rings is 1. The standard InChI is InChI=1S/C19H29N3O3/c1-5-20(6-2)19(24)14-22-12-11-21(15(3)23)13-17(22)16-9-7-8-10-18(16)25-4/h7-10,17H,5-6,11-14H2,1-4H3. The molecule has 0 radical (unpaired) electrons. The number of nitrogens with zero attached hydrogens (tertiary/aromatic N) is 3. The summed E-state index contributed by atoms with van der Waals surface area (Å²) in [5.41, 5.74) is 1.02. The van der Waals surface area contributed by atoms with E-state index in [2.05, 4.69) is 4.90 Å². The molecule has 1 aromatic carbocycles. The van der Waals surface area contributed by atoms with E-state index in [1.807, 2.05) is 47.9 Å². The first-order chi connectivity index (χ1) is 12.0. The summed E-state index contributed by atoms with van der Waals surface area (Å²) in [6.07, 6.45) is 0. The van der Waals surface area contributed by atoms with E-state index in [1.54, 1.807) is 14.0 Å². The zero-order valence-corrected chi connectivity index (χ0v) is 15.7. The molecule has 1 aromatic rings. The number of ether oxygens (including phenoxy) is 1. The van der Waals surface area contributed by atoms with Crippen molar-refractivity contribution in [1.29, 1.82) is 0 Å². The second-order valence-corrected chi connectivity index (χ2v) is 6.26. The molecule has 6 heteroatoms. The second-order valence-electron chi connectivity index (χ2n) is 6.26. The zero-order chi connectivity index (χ0) is 18.4. The quantitative estimate of drug-likeness (QED) is 0.787. The number of hydrogen-bond acceptors (Lipinski definition) is 4. The Morgan fingerprint density at radius 2 is 1.88 bits per heavy atom. The van der Waals surface area contributed by atoms with Gasteiger partial charge in [-0.3, -0.25) is 14.5 Å². The Balaban J connectivity index is 2.27. The van der Waals surface area contributed by atoms with Crippen LogP contribution in [0.25, 0.3) is 0 Å². The predicted octanol–water partition coefficient (Wildman–Crippen LogP) is 1.77. The van der Waals surface area contributed by atoms with Gasteiger partial charge in [0.25, 0.3) is 0 Å². The van der Waals surface area contributed by atoms with Crippen LogP contribution in [0.4, 0.5) is 0 Å². The lowest BCUT2D eigenvalue weighted by atomic mass is 10.0. The van der Waals surface area contributed by atoms with Crippen LogP contribution in [0.2, 0.25) is 0 Å². The van der Waals surface area contributed by atoms with E-state index in [4.69, 9.17) is 4.74 Å². The summed E-state index contributed by atoms with van der Waals surface area (Å²) in [5, 5.41) is 0. The van der Waals surface area contributed by atoms with Crippen LogP contribution in [0.15, 0.2) is 24.3 Å². The Morgan fingerprint density at radius 1 is 1.20 bits per heavy atom. The minimum Gasteiger partial charge on any atom is -0.496 e. The molecule has 0 aliphatic carbocycles. The summed E-state index contributed by atoms with van der Waals surface area (Å²) in [5.74, 6) is 0.981. The fourth-order valence-corrected chi connectivity index (χ4v) is 3.38. The first kappa shape index (κ1) is 19.2. The van der Waals surface area contributed by atoms with Gasteiger partial charge in [-0.15, -0.1) is 0 Å².